The lowest BCUT2D eigenvalue weighted by Gasteiger charge is -2.32. The summed E-state index contributed by atoms with van der Waals surface area (Å²) < 4.78 is 5.64. The quantitative estimate of drug-likeness (QED) is 0.553. The molecule has 1 fully saturated rings. The van der Waals surface area contributed by atoms with Crippen LogP contribution in [0.4, 0.5) is 0 Å². The van der Waals surface area contributed by atoms with E-state index in [1.807, 2.05) is 54.3 Å². The fourth-order valence-electron chi connectivity index (χ4n) is 3.77. The molecule has 1 amide bonds. The van der Waals surface area contributed by atoms with E-state index in [0.29, 0.717) is 16.7 Å². The number of rotatable bonds is 3. The van der Waals surface area contributed by atoms with Crippen LogP contribution in [0.25, 0.3) is 21.9 Å². The maximum absolute atomic E-state index is 12.8. The fourth-order valence-corrected chi connectivity index (χ4v) is 4.09. The van der Waals surface area contributed by atoms with E-state index in [2.05, 4.69) is 27.9 Å². The largest absolute Gasteiger partial charge is 0.426 e. The van der Waals surface area contributed by atoms with Crippen molar-refractivity contribution in [2.75, 3.05) is 33.2 Å². The van der Waals surface area contributed by atoms with Crippen molar-refractivity contribution in [2.24, 2.45) is 0 Å². The van der Waals surface area contributed by atoms with Gasteiger partial charge in [0.05, 0.1) is 10.2 Å². The third-order valence-electron chi connectivity index (χ3n) is 5.44. The first-order valence-electron chi connectivity index (χ1n) is 9.74. The number of alkyl halides is 1. The molecular formula is C23H23BrN2O3. The molecule has 1 aliphatic heterocycles. The Kier molecular flexibility index (Phi) is 5.56. The average molecular weight is 455 g/mol. The van der Waals surface area contributed by atoms with E-state index in [9.17, 15) is 9.59 Å². The number of nitrogens with zero attached hydrogens (tertiary/aromatic N) is 2. The summed E-state index contributed by atoms with van der Waals surface area (Å²) >= 11 is 3.55. The Bertz CT molecular complexity index is 1100. The van der Waals surface area contributed by atoms with Gasteiger partial charge in [-0.2, -0.15) is 0 Å². The van der Waals surface area contributed by atoms with Crippen molar-refractivity contribution in [3.8, 4) is 11.1 Å². The summed E-state index contributed by atoms with van der Waals surface area (Å²) in [6, 6.07) is 15.0. The molecule has 1 saturated heterocycles. The van der Waals surface area contributed by atoms with E-state index >= 15 is 0 Å². The maximum Gasteiger partial charge on any atom is 0.343 e. The summed E-state index contributed by atoms with van der Waals surface area (Å²) in [4.78, 5) is 29.2. The molecule has 0 radical (unpaired) electrons. The smallest absolute Gasteiger partial charge is 0.343 e. The SMILES string of the molecule is CC(Br)c1oc(=O)c2ccccc2c1-c1ccc(C(=O)N2CCN(C)CC2)cc1. The first-order valence-corrected chi connectivity index (χ1v) is 10.7. The van der Waals surface area contributed by atoms with Crippen molar-refractivity contribution in [3.63, 3.8) is 0 Å². The Hall–Kier alpha value is -2.44. The molecule has 1 atom stereocenters. The predicted octanol–water partition coefficient (Wildman–Crippen LogP) is 4.30. The molecule has 1 unspecified atom stereocenters. The van der Waals surface area contributed by atoms with E-state index in [4.69, 9.17) is 4.42 Å². The molecule has 2 heterocycles. The number of amides is 1. The minimum atomic E-state index is -0.340. The lowest BCUT2D eigenvalue weighted by atomic mass is 9.96. The number of halogens is 1. The molecule has 3 aromatic rings. The lowest BCUT2D eigenvalue weighted by molar-refractivity contribution is 0.0664. The molecule has 4 rings (SSSR count). The van der Waals surface area contributed by atoms with E-state index in [0.717, 1.165) is 42.7 Å². The van der Waals surface area contributed by atoms with Gasteiger partial charge in [-0.3, -0.25) is 4.79 Å². The van der Waals surface area contributed by atoms with Gasteiger partial charge in [-0.15, -0.1) is 0 Å². The number of piperazine rings is 1. The molecule has 0 bridgehead atoms. The van der Waals surface area contributed by atoms with Gasteiger partial charge in [-0.25, -0.2) is 4.79 Å². The lowest BCUT2D eigenvalue weighted by Crippen LogP contribution is -2.47. The van der Waals surface area contributed by atoms with Crippen molar-refractivity contribution >= 4 is 32.6 Å². The van der Waals surface area contributed by atoms with Crippen LogP contribution in [-0.2, 0) is 0 Å². The standard InChI is InChI=1S/C23H23BrN2O3/c1-15(24)21-20(18-5-3-4-6-19(18)23(28)29-21)16-7-9-17(10-8-16)22(27)26-13-11-25(2)12-14-26/h3-10,15H,11-14H2,1-2H3. The Morgan fingerprint density at radius 1 is 1.00 bits per heavy atom. The number of fused-ring (bicyclic) bond motifs is 1. The zero-order chi connectivity index (χ0) is 20.5. The van der Waals surface area contributed by atoms with Gasteiger partial charge in [0, 0.05) is 42.7 Å². The van der Waals surface area contributed by atoms with Crippen LogP contribution in [0.2, 0.25) is 0 Å². The number of likely N-dealkylation sites (N-methyl/N-ethyl adjacent to an activating group) is 1. The normalized spacial score (nSPS) is 16.2. The van der Waals surface area contributed by atoms with Crippen LogP contribution in [0.3, 0.4) is 0 Å². The number of hydrogen-bond donors (Lipinski definition) is 0. The molecule has 1 aliphatic rings. The average Bonchev–Trinajstić information content (AvgIpc) is 2.74. The highest BCUT2D eigenvalue weighted by Crippen LogP contribution is 2.36. The van der Waals surface area contributed by atoms with Gasteiger partial charge in [-0.1, -0.05) is 46.3 Å². The number of carbonyl (C=O) groups is 1. The predicted molar refractivity (Wildman–Crippen MR) is 119 cm³/mol. The van der Waals surface area contributed by atoms with Crippen molar-refractivity contribution < 1.29 is 9.21 Å². The fraction of sp³-hybridized carbons (Fsp3) is 0.304. The van der Waals surface area contributed by atoms with Crippen LogP contribution in [0.5, 0.6) is 0 Å². The van der Waals surface area contributed by atoms with Gasteiger partial charge in [0.1, 0.15) is 5.76 Å². The zero-order valence-electron chi connectivity index (χ0n) is 16.5. The molecule has 6 heteroatoms. The van der Waals surface area contributed by atoms with Crippen LogP contribution >= 0.6 is 15.9 Å². The molecule has 0 N–H and O–H groups in total. The summed E-state index contributed by atoms with van der Waals surface area (Å²) in [6.45, 7) is 5.21. The zero-order valence-corrected chi connectivity index (χ0v) is 18.1. The van der Waals surface area contributed by atoms with Crippen LogP contribution in [0, 0.1) is 0 Å². The topological polar surface area (TPSA) is 53.8 Å². The van der Waals surface area contributed by atoms with Crippen LogP contribution in [0.1, 0.15) is 27.9 Å². The van der Waals surface area contributed by atoms with Gasteiger partial charge in [-0.05, 0) is 37.7 Å². The second-order valence-electron chi connectivity index (χ2n) is 7.46. The Morgan fingerprint density at radius 3 is 2.24 bits per heavy atom. The molecule has 29 heavy (non-hydrogen) atoms. The summed E-state index contributed by atoms with van der Waals surface area (Å²) in [5.74, 6) is 0.648. The highest BCUT2D eigenvalue weighted by atomic mass is 79.9. The highest BCUT2D eigenvalue weighted by Gasteiger charge is 2.22. The van der Waals surface area contributed by atoms with Crippen molar-refractivity contribution in [2.45, 2.75) is 11.8 Å². The Labute approximate surface area is 178 Å². The summed E-state index contributed by atoms with van der Waals surface area (Å²) in [7, 11) is 2.07. The van der Waals surface area contributed by atoms with Crippen LogP contribution in [0.15, 0.2) is 57.7 Å². The number of benzene rings is 2. The van der Waals surface area contributed by atoms with Crippen molar-refractivity contribution in [1.82, 2.24) is 9.80 Å². The Balaban J connectivity index is 1.74. The Morgan fingerprint density at radius 2 is 1.62 bits per heavy atom. The molecule has 150 valence electrons. The molecule has 0 saturated carbocycles. The van der Waals surface area contributed by atoms with Crippen LogP contribution < -0.4 is 5.63 Å². The third kappa shape index (κ3) is 3.87. The second kappa shape index (κ2) is 8.13. The molecule has 2 aromatic carbocycles. The molecule has 0 spiro atoms. The minimum Gasteiger partial charge on any atom is -0.426 e. The summed E-state index contributed by atoms with van der Waals surface area (Å²) in [6.07, 6.45) is 0. The van der Waals surface area contributed by atoms with Gasteiger partial charge in [0.25, 0.3) is 5.91 Å². The van der Waals surface area contributed by atoms with E-state index in [-0.39, 0.29) is 16.4 Å². The monoisotopic (exact) mass is 454 g/mol. The number of carbonyl (C=O) groups excluding carboxylic acids is 1. The first-order chi connectivity index (χ1) is 14.0. The van der Waals surface area contributed by atoms with Crippen molar-refractivity contribution in [1.29, 1.82) is 0 Å². The van der Waals surface area contributed by atoms with E-state index < -0.39 is 0 Å². The molecule has 5 nitrogen and oxygen atoms in total. The summed E-state index contributed by atoms with van der Waals surface area (Å²) in [5.41, 5.74) is 2.13. The van der Waals surface area contributed by atoms with E-state index in [1.54, 1.807) is 6.07 Å². The highest BCUT2D eigenvalue weighted by molar-refractivity contribution is 9.09. The maximum atomic E-state index is 12.8. The van der Waals surface area contributed by atoms with E-state index in [1.165, 1.54) is 0 Å². The summed E-state index contributed by atoms with van der Waals surface area (Å²) in [5, 5.41) is 1.40. The second-order valence-corrected chi connectivity index (χ2v) is 8.84. The third-order valence-corrected chi connectivity index (χ3v) is 5.85. The van der Waals surface area contributed by atoms with Gasteiger partial charge in [0.2, 0.25) is 0 Å². The molecular weight excluding hydrogens is 432 g/mol. The van der Waals surface area contributed by atoms with Gasteiger partial charge >= 0.3 is 5.63 Å². The van der Waals surface area contributed by atoms with Gasteiger partial charge < -0.3 is 14.2 Å². The van der Waals surface area contributed by atoms with Gasteiger partial charge in [0.15, 0.2) is 0 Å². The molecule has 0 aliphatic carbocycles. The first kappa shape index (κ1) is 19.9. The number of hydrogen-bond acceptors (Lipinski definition) is 4. The minimum absolute atomic E-state index is 0.0585. The van der Waals surface area contributed by atoms with Crippen molar-refractivity contribution in [3.05, 3.63) is 70.3 Å². The van der Waals surface area contributed by atoms with Crippen LogP contribution in [-0.4, -0.2) is 48.9 Å². The molecule has 1 aromatic heterocycles.